The number of carbonyl (C=O) groups is 1. The molecule has 0 amide bonds. The summed E-state index contributed by atoms with van der Waals surface area (Å²) < 4.78 is 5.27. The highest BCUT2D eigenvalue weighted by atomic mass is 32.2. The van der Waals surface area contributed by atoms with Gasteiger partial charge in [-0.25, -0.2) is 4.79 Å². The van der Waals surface area contributed by atoms with Crippen LogP contribution in [0.3, 0.4) is 0 Å². The normalized spacial score (nSPS) is 10.0. The van der Waals surface area contributed by atoms with Gasteiger partial charge >= 0.3 is 5.97 Å². The Hall–Kier alpha value is -0.810. The number of benzene rings is 1. The minimum absolute atomic E-state index is 0.300. The van der Waals surface area contributed by atoms with Crippen molar-refractivity contribution in [3.63, 3.8) is 0 Å². The van der Waals surface area contributed by atoms with Crippen LogP contribution in [-0.2, 0) is 4.79 Å². The Kier molecular flexibility index (Phi) is 4.84. The maximum atomic E-state index is 10.4. The summed E-state index contributed by atoms with van der Waals surface area (Å²) in [6.45, 7) is -0.300. The minimum atomic E-state index is -0.960. The molecule has 0 radical (unpaired) electrons. The predicted octanol–water partition coefficient (Wildman–Crippen LogP) is 2.59. The van der Waals surface area contributed by atoms with Crippen LogP contribution in [0.5, 0.6) is 5.75 Å². The van der Waals surface area contributed by atoms with Crippen molar-refractivity contribution >= 4 is 29.5 Å². The van der Waals surface area contributed by atoms with Gasteiger partial charge in [0, 0.05) is 0 Å². The Bertz CT molecular complexity index is 330. The first-order valence-electron chi connectivity index (χ1n) is 4.24. The van der Waals surface area contributed by atoms with E-state index in [-0.39, 0.29) is 6.61 Å². The van der Waals surface area contributed by atoms with E-state index in [0.29, 0.717) is 5.75 Å². The van der Waals surface area contributed by atoms with Crippen LogP contribution in [0.4, 0.5) is 0 Å². The zero-order chi connectivity index (χ0) is 11.3. The molecule has 1 rings (SSSR count). The van der Waals surface area contributed by atoms with E-state index < -0.39 is 5.97 Å². The summed E-state index contributed by atoms with van der Waals surface area (Å²) in [6, 6.07) is 5.77. The summed E-state index contributed by atoms with van der Waals surface area (Å²) in [6.07, 6.45) is 3.88. The highest BCUT2D eigenvalue weighted by molar-refractivity contribution is 7.99. The molecule has 5 heteroatoms. The third-order valence-electron chi connectivity index (χ3n) is 1.72. The molecule has 1 aromatic carbocycles. The van der Waals surface area contributed by atoms with Gasteiger partial charge in [-0.05, 0) is 24.6 Å². The number of carboxylic acid groups (broad SMARTS) is 1. The smallest absolute Gasteiger partial charge is 0.341 e. The molecule has 0 heterocycles. The first kappa shape index (κ1) is 12.3. The molecule has 3 nitrogen and oxygen atoms in total. The van der Waals surface area contributed by atoms with Gasteiger partial charge in [0.05, 0.1) is 9.79 Å². The van der Waals surface area contributed by atoms with Crippen molar-refractivity contribution in [1.29, 1.82) is 0 Å². The molecule has 1 N–H and O–H groups in total. The number of carboxylic acids is 1. The molecule has 0 aliphatic carbocycles. The van der Waals surface area contributed by atoms with Crippen LogP contribution in [0.1, 0.15) is 0 Å². The van der Waals surface area contributed by atoms with Crippen LogP contribution < -0.4 is 4.74 Å². The summed E-state index contributed by atoms with van der Waals surface area (Å²) in [5.74, 6) is -0.294. The van der Waals surface area contributed by atoms with Gasteiger partial charge in [-0.3, -0.25) is 0 Å². The molecule has 0 atom stereocenters. The third-order valence-corrected chi connectivity index (χ3v) is 3.25. The highest BCUT2D eigenvalue weighted by Gasteiger charge is 2.09. The van der Waals surface area contributed by atoms with Crippen LogP contribution in [0.2, 0.25) is 0 Å². The van der Waals surface area contributed by atoms with E-state index in [9.17, 15) is 4.79 Å². The monoisotopic (exact) mass is 244 g/mol. The molecule has 82 valence electrons. The summed E-state index contributed by atoms with van der Waals surface area (Å²) in [7, 11) is 0. The second-order valence-corrected chi connectivity index (χ2v) is 4.37. The van der Waals surface area contributed by atoms with Crippen LogP contribution in [0.25, 0.3) is 0 Å². The number of hydrogen-bond donors (Lipinski definition) is 1. The van der Waals surface area contributed by atoms with Gasteiger partial charge in [-0.1, -0.05) is 6.07 Å². The molecule has 0 aromatic heterocycles. The van der Waals surface area contributed by atoms with Gasteiger partial charge in [0.15, 0.2) is 6.61 Å². The van der Waals surface area contributed by atoms with E-state index in [1.165, 1.54) is 0 Å². The lowest BCUT2D eigenvalue weighted by Gasteiger charge is -2.11. The Morgan fingerprint density at radius 3 is 2.27 bits per heavy atom. The minimum Gasteiger partial charge on any atom is -0.480 e. The fraction of sp³-hybridized carbons (Fsp3) is 0.300. The standard InChI is InChI=1S/C10H12O3S2/c1-14-7-4-3-5-8(15-2)10(7)13-6-9(11)12/h3-5H,6H2,1-2H3,(H,11,12). The van der Waals surface area contributed by atoms with Gasteiger partial charge in [0.2, 0.25) is 0 Å². The van der Waals surface area contributed by atoms with Crippen molar-refractivity contribution in [1.82, 2.24) is 0 Å². The van der Waals surface area contributed by atoms with Gasteiger partial charge in [-0.15, -0.1) is 23.5 Å². The second kappa shape index (κ2) is 5.92. The largest absolute Gasteiger partial charge is 0.480 e. The molecule has 0 saturated carbocycles. The van der Waals surface area contributed by atoms with Gasteiger partial charge in [0.25, 0.3) is 0 Å². The molecule has 15 heavy (non-hydrogen) atoms. The topological polar surface area (TPSA) is 46.5 Å². The average molecular weight is 244 g/mol. The predicted molar refractivity (Wildman–Crippen MR) is 63.1 cm³/mol. The van der Waals surface area contributed by atoms with Crippen molar-refractivity contribution in [2.24, 2.45) is 0 Å². The van der Waals surface area contributed by atoms with E-state index >= 15 is 0 Å². The number of rotatable bonds is 5. The third kappa shape index (κ3) is 3.35. The fourth-order valence-corrected chi connectivity index (χ4v) is 2.30. The number of para-hydroxylation sites is 1. The quantitative estimate of drug-likeness (QED) is 0.807. The van der Waals surface area contributed by atoms with Gasteiger partial charge < -0.3 is 9.84 Å². The first-order chi connectivity index (χ1) is 7.19. The zero-order valence-corrected chi connectivity index (χ0v) is 10.2. The van der Waals surface area contributed by atoms with Crippen LogP contribution in [-0.4, -0.2) is 30.2 Å². The number of thioether (sulfide) groups is 2. The SMILES string of the molecule is CSc1cccc(SC)c1OCC(=O)O. The Balaban J connectivity index is 2.94. The molecule has 0 aliphatic rings. The average Bonchev–Trinajstić information content (AvgIpc) is 2.25. The Labute approximate surface area is 97.2 Å². The van der Waals surface area contributed by atoms with E-state index in [0.717, 1.165) is 9.79 Å². The van der Waals surface area contributed by atoms with Gasteiger partial charge in [0.1, 0.15) is 5.75 Å². The van der Waals surface area contributed by atoms with Crippen molar-refractivity contribution in [2.45, 2.75) is 9.79 Å². The lowest BCUT2D eigenvalue weighted by atomic mass is 10.3. The van der Waals surface area contributed by atoms with Crippen LogP contribution in [0.15, 0.2) is 28.0 Å². The Morgan fingerprint density at radius 1 is 1.33 bits per heavy atom. The summed E-state index contributed by atoms with van der Waals surface area (Å²) >= 11 is 3.09. The van der Waals surface area contributed by atoms with Crippen molar-refractivity contribution in [3.05, 3.63) is 18.2 Å². The van der Waals surface area contributed by atoms with Crippen LogP contribution in [0, 0.1) is 0 Å². The molecular weight excluding hydrogens is 232 g/mol. The zero-order valence-electron chi connectivity index (χ0n) is 8.52. The highest BCUT2D eigenvalue weighted by Crippen LogP contribution is 2.36. The van der Waals surface area contributed by atoms with Crippen molar-refractivity contribution < 1.29 is 14.6 Å². The van der Waals surface area contributed by atoms with E-state index in [1.807, 2.05) is 30.7 Å². The maximum Gasteiger partial charge on any atom is 0.341 e. The summed E-state index contributed by atoms with van der Waals surface area (Å²) in [5, 5.41) is 8.56. The molecule has 0 unspecified atom stereocenters. The lowest BCUT2D eigenvalue weighted by Crippen LogP contribution is -2.10. The molecule has 0 fully saturated rings. The molecule has 0 bridgehead atoms. The van der Waals surface area contributed by atoms with Crippen molar-refractivity contribution in [3.8, 4) is 5.75 Å². The van der Waals surface area contributed by atoms with Crippen LogP contribution >= 0.6 is 23.5 Å². The molecule has 0 spiro atoms. The lowest BCUT2D eigenvalue weighted by molar-refractivity contribution is -0.139. The molecule has 1 aromatic rings. The molecular formula is C10H12O3S2. The molecule has 0 saturated heterocycles. The fourth-order valence-electron chi connectivity index (χ4n) is 1.09. The maximum absolute atomic E-state index is 10.4. The van der Waals surface area contributed by atoms with E-state index in [1.54, 1.807) is 23.5 Å². The summed E-state index contributed by atoms with van der Waals surface area (Å²) in [5.41, 5.74) is 0. The second-order valence-electron chi connectivity index (χ2n) is 2.67. The van der Waals surface area contributed by atoms with Crippen molar-refractivity contribution in [2.75, 3.05) is 19.1 Å². The number of hydrogen-bond acceptors (Lipinski definition) is 4. The van der Waals surface area contributed by atoms with Gasteiger partial charge in [-0.2, -0.15) is 0 Å². The molecule has 0 aliphatic heterocycles. The Morgan fingerprint density at radius 2 is 1.87 bits per heavy atom. The van der Waals surface area contributed by atoms with E-state index in [4.69, 9.17) is 9.84 Å². The first-order valence-corrected chi connectivity index (χ1v) is 6.69. The van der Waals surface area contributed by atoms with E-state index in [2.05, 4.69) is 0 Å². The number of aliphatic carboxylic acids is 1. The summed E-state index contributed by atoms with van der Waals surface area (Å²) in [4.78, 5) is 12.4. The number of ether oxygens (including phenoxy) is 1.